The minimum Gasteiger partial charge on any atom is -0.375 e. The van der Waals surface area contributed by atoms with E-state index in [9.17, 15) is 4.79 Å². The first kappa shape index (κ1) is 15.5. The van der Waals surface area contributed by atoms with Crippen molar-refractivity contribution < 1.29 is 14.3 Å². The predicted molar refractivity (Wildman–Crippen MR) is 82.3 cm³/mol. The van der Waals surface area contributed by atoms with E-state index in [4.69, 9.17) is 9.47 Å². The monoisotopic (exact) mass is 294 g/mol. The third-order valence-electron chi connectivity index (χ3n) is 6.17. The molecule has 1 spiro atoms. The molecule has 21 heavy (non-hydrogen) atoms. The number of ether oxygens (including phenoxy) is 2. The van der Waals surface area contributed by atoms with Gasteiger partial charge in [0.25, 0.3) is 0 Å². The summed E-state index contributed by atoms with van der Waals surface area (Å²) in [6.07, 6.45) is 10.8. The Morgan fingerprint density at radius 3 is 2.52 bits per heavy atom. The second kappa shape index (κ2) is 6.00. The van der Waals surface area contributed by atoms with E-state index in [1.54, 1.807) is 7.11 Å². The molecule has 0 aromatic carbocycles. The predicted octanol–water partition coefficient (Wildman–Crippen LogP) is 3.89. The smallest absolute Gasteiger partial charge is 0.167 e. The second-order valence-electron chi connectivity index (χ2n) is 7.69. The van der Waals surface area contributed by atoms with Gasteiger partial charge in [-0.2, -0.15) is 0 Å². The highest BCUT2D eigenvalue weighted by atomic mass is 16.5. The number of carbonyl (C=O) groups is 1. The topological polar surface area (TPSA) is 35.5 Å². The van der Waals surface area contributed by atoms with Crippen molar-refractivity contribution in [1.82, 2.24) is 0 Å². The summed E-state index contributed by atoms with van der Waals surface area (Å²) in [5.74, 6) is 1.14. The Balaban J connectivity index is 1.73. The van der Waals surface area contributed by atoms with Gasteiger partial charge >= 0.3 is 0 Å². The molecule has 1 aliphatic heterocycles. The zero-order valence-electron chi connectivity index (χ0n) is 13.7. The van der Waals surface area contributed by atoms with E-state index in [1.807, 2.05) is 0 Å². The average molecular weight is 294 g/mol. The standard InChI is InChI=1S/C18H30O3/c1-14-6-5-10-18(12-14,20-2)16(19)15-7-11-21-17(13-15)8-3-4-9-17/h14-15H,3-13H2,1-2H3. The molecule has 1 saturated heterocycles. The number of carbonyl (C=O) groups excluding carboxylic acids is 1. The summed E-state index contributed by atoms with van der Waals surface area (Å²) in [6.45, 7) is 3.01. The molecule has 3 fully saturated rings. The molecule has 3 rings (SSSR count). The molecule has 0 bridgehead atoms. The van der Waals surface area contributed by atoms with Crippen molar-refractivity contribution in [2.24, 2.45) is 11.8 Å². The number of Topliss-reactive ketones (excluding diaryl/α,β-unsaturated/α-hetero) is 1. The number of methoxy groups -OCH3 is 1. The highest BCUT2D eigenvalue weighted by molar-refractivity contribution is 5.89. The molecule has 3 atom stereocenters. The van der Waals surface area contributed by atoms with Crippen molar-refractivity contribution in [3.05, 3.63) is 0 Å². The van der Waals surface area contributed by atoms with Crippen LogP contribution in [0.3, 0.4) is 0 Å². The summed E-state index contributed by atoms with van der Waals surface area (Å²) in [7, 11) is 1.74. The van der Waals surface area contributed by atoms with Crippen molar-refractivity contribution in [3.63, 3.8) is 0 Å². The van der Waals surface area contributed by atoms with Crippen molar-refractivity contribution in [2.45, 2.75) is 82.3 Å². The van der Waals surface area contributed by atoms with Gasteiger partial charge in [0.15, 0.2) is 5.78 Å². The lowest BCUT2D eigenvalue weighted by molar-refractivity contribution is -0.161. The van der Waals surface area contributed by atoms with Gasteiger partial charge in [0.2, 0.25) is 0 Å². The molecular weight excluding hydrogens is 264 g/mol. The second-order valence-corrected chi connectivity index (χ2v) is 7.69. The Labute approximate surface area is 128 Å². The molecule has 3 heteroatoms. The zero-order valence-corrected chi connectivity index (χ0v) is 13.7. The minimum atomic E-state index is -0.501. The van der Waals surface area contributed by atoms with Crippen molar-refractivity contribution in [2.75, 3.05) is 13.7 Å². The van der Waals surface area contributed by atoms with Crippen LogP contribution in [0.25, 0.3) is 0 Å². The lowest BCUT2D eigenvalue weighted by atomic mass is 9.70. The minimum absolute atomic E-state index is 0.0216. The quantitative estimate of drug-likeness (QED) is 0.792. The van der Waals surface area contributed by atoms with Gasteiger partial charge < -0.3 is 9.47 Å². The van der Waals surface area contributed by atoms with Crippen LogP contribution in [0.15, 0.2) is 0 Å². The maximum atomic E-state index is 13.2. The van der Waals surface area contributed by atoms with E-state index < -0.39 is 5.60 Å². The highest BCUT2D eigenvalue weighted by Gasteiger charge is 2.49. The molecule has 2 saturated carbocycles. The summed E-state index contributed by atoms with van der Waals surface area (Å²) in [6, 6.07) is 0. The fourth-order valence-electron chi connectivity index (χ4n) is 5.00. The van der Waals surface area contributed by atoms with Gasteiger partial charge in [0.05, 0.1) is 5.60 Å². The Bertz CT molecular complexity index is 386. The van der Waals surface area contributed by atoms with Crippen molar-refractivity contribution in [3.8, 4) is 0 Å². The molecule has 0 aromatic heterocycles. The molecule has 3 nitrogen and oxygen atoms in total. The molecular formula is C18H30O3. The summed E-state index contributed by atoms with van der Waals surface area (Å²) < 4.78 is 11.9. The van der Waals surface area contributed by atoms with Crippen LogP contribution >= 0.6 is 0 Å². The normalized spacial score (nSPS) is 39.5. The molecule has 2 aliphatic carbocycles. The zero-order chi connectivity index (χ0) is 14.9. The van der Waals surface area contributed by atoms with Gasteiger partial charge in [-0.15, -0.1) is 0 Å². The van der Waals surface area contributed by atoms with Crippen molar-refractivity contribution >= 4 is 5.78 Å². The first-order chi connectivity index (χ1) is 10.1. The summed E-state index contributed by atoms with van der Waals surface area (Å²) in [5.41, 5.74) is -0.479. The third-order valence-corrected chi connectivity index (χ3v) is 6.17. The van der Waals surface area contributed by atoms with Crippen LogP contribution in [0.4, 0.5) is 0 Å². The van der Waals surface area contributed by atoms with Crippen LogP contribution in [-0.2, 0) is 14.3 Å². The number of hydrogen-bond donors (Lipinski definition) is 0. The fraction of sp³-hybridized carbons (Fsp3) is 0.944. The van der Waals surface area contributed by atoms with E-state index >= 15 is 0 Å². The molecule has 0 aromatic rings. The molecule has 0 radical (unpaired) electrons. The first-order valence-corrected chi connectivity index (χ1v) is 8.83. The number of hydrogen-bond acceptors (Lipinski definition) is 3. The summed E-state index contributed by atoms with van der Waals surface area (Å²) in [4.78, 5) is 13.2. The fourth-order valence-corrected chi connectivity index (χ4v) is 5.00. The van der Waals surface area contributed by atoms with Gasteiger partial charge in [0, 0.05) is 19.6 Å². The lowest BCUT2D eigenvalue weighted by Gasteiger charge is -2.43. The molecule has 0 amide bonds. The molecule has 3 aliphatic rings. The van der Waals surface area contributed by atoms with Gasteiger partial charge in [0.1, 0.15) is 5.60 Å². The van der Waals surface area contributed by atoms with Crippen LogP contribution in [-0.4, -0.2) is 30.7 Å². The Morgan fingerprint density at radius 2 is 1.86 bits per heavy atom. The SMILES string of the molecule is COC1(C(=O)C2CCOC3(CCCC3)C2)CCCC(C)C1. The molecule has 1 heterocycles. The summed E-state index contributed by atoms with van der Waals surface area (Å²) >= 11 is 0. The Morgan fingerprint density at radius 1 is 1.10 bits per heavy atom. The van der Waals surface area contributed by atoms with Gasteiger partial charge in [-0.1, -0.05) is 26.2 Å². The maximum absolute atomic E-state index is 13.2. The van der Waals surface area contributed by atoms with Crippen LogP contribution in [0.5, 0.6) is 0 Å². The van der Waals surface area contributed by atoms with Gasteiger partial charge in [-0.3, -0.25) is 4.79 Å². The van der Waals surface area contributed by atoms with Crippen LogP contribution in [0.1, 0.15) is 71.1 Å². The molecule has 120 valence electrons. The van der Waals surface area contributed by atoms with E-state index in [1.165, 1.54) is 19.3 Å². The molecule has 0 N–H and O–H groups in total. The van der Waals surface area contributed by atoms with E-state index in [0.29, 0.717) is 11.7 Å². The lowest BCUT2D eigenvalue weighted by Crippen LogP contribution is -2.51. The molecule has 3 unspecified atom stereocenters. The Kier molecular flexibility index (Phi) is 4.42. The number of ketones is 1. The van der Waals surface area contributed by atoms with Crippen molar-refractivity contribution in [1.29, 1.82) is 0 Å². The van der Waals surface area contributed by atoms with E-state index in [-0.39, 0.29) is 11.5 Å². The largest absolute Gasteiger partial charge is 0.375 e. The number of rotatable bonds is 3. The Hall–Kier alpha value is -0.410. The summed E-state index contributed by atoms with van der Waals surface area (Å²) in [5, 5.41) is 0. The average Bonchev–Trinajstić information content (AvgIpc) is 2.94. The third kappa shape index (κ3) is 2.92. The first-order valence-electron chi connectivity index (χ1n) is 8.83. The van der Waals surface area contributed by atoms with Gasteiger partial charge in [-0.05, 0) is 50.9 Å². The van der Waals surface area contributed by atoms with E-state index in [2.05, 4.69) is 6.92 Å². The van der Waals surface area contributed by atoms with Crippen LogP contribution < -0.4 is 0 Å². The highest BCUT2D eigenvalue weighted by Crippen LogP contribution is 2.45. The maximum Gasteiger partial charge on any atom is 0.167 e. The van der Waals surface area contributed by atoms with E-state index in [0.717, 1.165) is 51.6 Å². The van der Waals surface area contributed by atoms with Crippen LogP contribution in [0.2, 0.25) is 0 Å². The van der Waals surface area contributed by atoms with Crippen LogP contribution in [0, 0.1) is 11.8 Å². The van der Waals surface area contributed by atoms with Gasteiger partial charge in [-0.25, -0.2) is 0 Å².